The number of aryl methyl sites for hydroxylation is 1. The van der Waals surface area contributed by atoms with Crippen molar-refractivity contribution in [3.8, 4) is 11.5 Å². The first-order chi connectivity index (χ1) is 11.5. The number of hydrogen-bond donors (Lipinski definition) is 0. The van der Waals surface area contributed by atoms with Gasteiger partial charge in [0.1, 0.15) is 6.54 Å². The molecule has 0 aliphatic rings. The summed E-state index contributed by atoms with van der Waals surface area (Å²) in [5.74, 6) is 0.0283. The summed E-state index contributed by atoms with van der Waals surface area (Å²) < 4.78 is 12.2. The molecule has 2 aromatic heterocycles. The molecule has 1 atom stereocenters. The van der Waals surface area contributed by atoms with E-state index < -0.39 is 12.1 Å². The zero-order valence-electron chi connectivity index (χ0n) is 13.1. The molecule has 7 nitrogen and oxygen atoms in total. The Kier molecular flexibility index (Phi) is 4.57. The number of thiazole rings is 1. The Morgan fingerprint density at radius 3 is 2.75 bits per heavy atom. The lowest BCUT2D eigenvalue weighted by Crippen LogP contribution is -2.23. The molecule has 0 aliphatic carbocycles. The SMILES string of the molecule is Cc1csc(=O)n1CC(=O)O[C@@H](C)c1nnc(-c2ccccc2)o1. The minimum Gasteiger partial charge on any atom is -0.451 e. The van der Waals surface area contributed by atoms with Crippen molar-refractivity contribution in [1.29, 1.82) is 0 Å². The molecule has 3 rings (SSSR count). The second-order valence-electron chi connectivity index (χ2n) is 5.17. The molecule has 1 aromatic carbocycles. The summed E-state index contributed by atoms with van der Waals surface area (Å²) >= 11 is 1.05. The molecule has 8 heteroatoms. The molecule has 0 bridgehead atoms. The summed E-state index contributed by atoms with van der Waals surface area (Å²) in [6.45, 7) is 3.26. The molecule has 0 saturated heterocycles. The van der Waals surface area contributed by atoms with Gasteiger partial charge in [0.15, 0.2) is 6.10 Å². The molecule has 0 unspecified atom stereocenters. The van der Waals surface area contributed by atoms with Gasteiger partial charge in [-0.2, -0.15) is 0 Å². The number of ether oxygens (including phenoxy) is 1. The van der Waals surface area contributed by atoms with Crippen molar-refractivity contribution in [2.75, 3.05) is 0 Å². The second kappa shape index (κ2) is 6.79. The number of carbonyl (C=O) groups excluding carboxylic acids is 1. The van der Waals surface area contributed by atoms with Gasteiger partial charge in [0.2, 0.25) is 5.89 Å². The lowest BCUT2D eigenvalue weighted by Gasteiger charge is -2.10. The number of rotatable bonds is 5. The highest BCUT2D eigenvalue weighted by Gasteiger charge is 2.20. The van der Waals surface area contributed by atoms with Gasteiger partial charge in [-0.3, -0.25) is 14.2 Å². The van der Waals surface area contributed by atoms with Gasteiger partial charge >= 0.3 is 10.8 Å². The zero-order chi connectivity index (χ0) is 17.1. The molecular weight excluding hydrogens is 330 g/mol. The Balaban J connectivity index is 1.67. The molecule has 0 N–H and O–H groups in total. The van der Waals surface area contributed by atoms with Crippen LogP contribution in [0, 0.1) is 6.92 Å². The predicted molar refractivity (Wildman–Crippen MR) is 87.6 cm³/mol. The summed E-state index contributed by atoms with van der Waals surface area (Å²) in [6, 6.07) is 9.31. The maximum Gasteiger partial charge on any atom is 0.326 e. The lowest BCUT2D eigenvalue weighted by atomic mass is 10.2. The Morgan fingerprint density at radius 1 is 1.33 bits per heavy atom. The first kappa shape index (κ1) is 16.1. The van der Waals surface area contributed by atoms with E-state index in [1.807, 2.05) is 30.3 Å². The third kappa shape index (κ3) is 3.43. The van der Waals surface area contributed by atoms with Gasteiger partial charge in [0.25, 0.3) is 5.89 Å². The molecule has 0 saturated carbocycles. The van der Waals surface area contributed by atoms with Gasteiger partial charge in [-0.15, -0.1) is 10.2 Å². The van der Waals surface area contributed by atoms with Crippen LogP contribution in [-0.2, 0) is 16.1 Å². The largest absolute Gasteiger partial charge is 0.451 e. The van der Waals surface area contributed by atoms with Crippen molar-refractivity contribution in [2.45, 2.75) is 26.5 Å². The zero-order valence-corrected chi connectivity index (χ0v) is 13.9. The van der Waals surface area contributed by atoms with Crippen LogP contribution in [0.3, 0.4) is 0 Å². The van der Waals surface area contributed by atoms with E-state index in [9.17, 15) is 9.59 Å². The van der Waals surface area contributed by atoms with Crippen LogP contribution in [0.15, 0.2) is 44.9 Å². The van der Waals surface area contributed by atoms with E-state index in [0.717, 1.165) is 22.6 Å². The van der Waals surface area contributed by atoms with Crippen molar-refractivity contribution in [1.82, 2.24) is 14.8 Å². The number of nitrogens with zero attached hydrogens (tertiary/aromatic N) is 3. The van der Waals surface area contributed by atoms with Gasteiger partial charge in [-0.1, -0.05) is 29.5 Å². The van der Waals surface area contributed by atoms with Crippen LogP contribution in [0.2, 0.25) is 0 Å². The molecule has 0 fully saturated rings. The Hall–Kier alpha value is -2.74. The normalized spacial score (nSPS) is 12.1. The Labute approximate surface area is 141 Å². The van der Waals surface area contributed by atoms with E-state index in [2.05, 4.69) is 10.2 Å². The predicted octanol–water partition coefficient (Wildman–Crippen LogP) is 2.57. The van der Waals surface area contributed by atoms with Crippen molar-refractivity contribution < 1.29 is 13.9 Å². The minimum atomic E-state index is -0.697. The van der Waals surface area contributed by atoms with Gasteiger partial charge in [-0.05, 0) is 26.0 Å². The summed E-state index contributed by atoms with van der Waals surface area (Å²) in [5.41, 5.74) is 1.51. The summed E-state index contributed by atoms with van der Waals surface area (Å²) in [4.78, 5) is 23.4. The van der Waals surface area contributed by atoms with E-state index in [-0.39, 0.29) is 17.3 Å². The number of aromatic nitrogens is 3. The maximum atomic E-state index is 12.0. The highest BCUT2D eigenvalue weighted by Crippen LogP contribution is 2.22. The number of benzene rings is 1. The monoisotopic (exact) mass is 345 g/mol. The van der Waals surface area contributed by atoms with Crippen molar-refractivity contribution in [2.24, 2.45) is 0 Å². The van der Waals surface area contributed by atoms with Crippen LogP contribution in [0.5, 0.6) is 0 Å². The van der Waals surface area contributed by atoms with E-state index in [1.165, 1.54) is 4.57 Å². The highest BCUT2D eigenvalue weighted by atomic mass is 32.1. The molecule has 2 heterocycles. The van der Waals surface area contributed by atoms with E-state index in [1.54, 1.807) is 19.2 Å². The standard InChI is InChI=1S/C16H15N3O4S/c1-10-9-24-16(21)19(10)8-13(20)22-11(2)14-17-18-15(23-14)12-6-4-3-5-7-12/h3-7,9,11H,8H2,1-2H3/t11-/m0/s1. The van der Waals surface area contributed by atoms with E-state index >= 15 is 0 Å². The van der Waals surface area contributed by atoms with Gasteiger partial charge in [0, 0.05) is 16.6 Å². The Morgan fingerprint density at radius 2 is 2.08 bits per heavy atom. The van der Waals surface area contributed by atoms with Crippen LogP contribution in [0.1, 0.15) is 24.6 Å². The molecule has 124 valence electrons. The molecule has 0 radical (unpaired) electrons. The topological polar surface area (TPSA) is 87.2 Å². The summed E-state index contributed by atoms with van der Waals surface area (Å²) in [5, 5.41) is 9.57. The van der Waals surface area contributed by atoms with Crippen molar-refractivity contribution >= 4 is 17.3 Å². The summed E-state index contributed by atoms with van der Waals surface area (Å²) in [6.07, 6.45) is -0.697. The highest BCUT2D eigenvalue weighted by molar-refractivity contribution is 7.07. The minimum absolute atomic E-state index is 0.141. The van der Waals surface area contributed by atoms with Gasteiger partial charge in [0.05, 0.1) is 0 Å². The second-order valence-corrected chi connectivity index (χ2v) is 5.99. The van der Waals surface area contributed by atoms with Crippen LogP contribution in [0.4, 0.5) is 0 Å². The van der Waals surface area contributed by atoms with Crippen molar-refractivity contribution in [3.63, 3.8) is 0 Å². The van der Waals surface area contributed by atoms with E-state index in [4.69, 9.17) is 9.15 Å². The molecule has 0 aliphatic heterocycles. The van der Waals surface area contributed by atoms with E-state index in [0.29, 0.717) is 5.89 Å². The first-order valence-electron chi connectivity index (χ1n) is 7.28. The lowest BCUT2D eigenvalue weighted by molar-refractivity contribution is -0.150. The molecule has 0 amide bonds. The maximum absolute atomic E-state index is 12.0. The fourth-order valence-electron chi connectivity index (χ4n) is 2.11. The third-order valence-electron chi connectivity index (χ3n) is 3.38. The third-order valence-corrected chi connectivity index (χ3v) is 4.26. The van der Waals surface area contributed by atoms with Crippen molar-refractivity contribution in [3.05, 3.63) is 57.0 Å². The number of hydrogen-bond acceptors (Lipinski definition) is 7. The van der Waals surface area contributed by atoms with Crippen LogP contribution in [0.25, 0.3) is 11.5 Å². The van der Waals surface area contributed by atoms with Crippen LogP contribution in [-0.4, -0.2) is 20.7 Å². The molecular formula is C16H15N3O4S. The quantitative estimate of drug-likeness (QED) is 0.661. The average molecular weight is 345 g/mol. The molecule has 24 heavy (non-hydrogen) atoms. The number of carbonyl (C=O) groups is 1. The molecule has 3 aromatic rings. The van der Waals surface area contributed by atoms with Gasteiger partial charge in [-0.25, -0.2) is 0 Å². The van der Waals surface area contributed by atoms with Crippen LogP contribution >= 0.6 is 11.3 Å². The number of esters is 1. The first-order valence-corrected chi connectivity index (χ1v) is 8.16. The average Bonchev–Trinajstić information content (AvgIpc) is 3.18. The smallest absolute Gasteiger partial charge is 0.326 e. The fraction of sp³-hybridized carbons (Fsp3) is 0.250. The van der Waals surface area contributed by atoms with Crippen LogP contribution < -0.4 is 4.87 Å². The Bertz CT molecular complexity index is 897. The fourth-order valence-corrected chi connectivity index (χ4v) is 2.84. The van der Waals surface area contributed by atoms with Gasteiger partial charge < -0.3 is 9.15 Å². The summed E-state index contributed by atoms with van der Waals surface area (Å²) in [7, 11) is 0. The molecule has 0 spiro atoms.